The molecule has 0 aliphatic carbocycles. The molecular formula is C9H13FN4O3. The molecule has 0 aliphatic rings. The molecule has 0 aromatic carbocycles. The van der Waals surface area contributed by atoms with Crippen molar-refractivity contribution in [2.45, 2.75) is 20.4 Å². The van der Waals surface area contributed by atoms with Gasteiger partial charge < -0.3 is 19.9 Å². The summed E-state index contributed by atoms with van der Waals surface area (Å²) in [6, 6.07) is 0. The predicted octanol–water partition coefficient (Wildman–Crippen LogP) is 1.62. The highest BCUT2D eigenvalue weighted by atomic mass is 19.1. The average molecular weight is 244 g/mol. The van der Waals surface area contributed by atoms with Crippen LogP contribution in [0.4, 0.5) is 10.2 Å². The van der Waals surface area contributed by atoms with E-state index in [-0.39, 0.29) is 18.1 Å². The third-order valence-corrected chi connectivity index (χ3v) is 2.38. The van der Waals surface area contributed by atoms with Gasteiger partial charge in [-0.3, -0.25) is 4.39 Å². The molecule has 0 amide bonds. The molecule has 0 aliphatic heterocycles. The maximum absolute atomic E-state index is 12.7. The zero-order valence-electron chi connectivity index (χ0n) is 9.50. The van der Waals surface area contributed by atoms with Gasteiger partial charge in [-0.1, -0.05) is 19.0 Å². The first-order valence-corrected chi connectivity index (χ1v) is 4.84. The van der Waals surface area contributed by atoms with Gasteiger partial charge in [-0.15, -0.1) is 0 Å². The third kappa shape index (κ3) is 2.99. The second-order valence-electron chi connectivity index (χ2n) is 4.23. The van der Waals surface area contributed by atoms with E-state index in [4.69, 9.17) is 5.21 Å². The summed E-state index contributed by atoms with van der Waals surface area (Å²) < 4.78 is 14.1. The lowest BCUT2D eigenvalue weighted by Gasteiger charge is -2.21. The molecule has 0 unspecified atom stereocenters. The van der Waals surface area contributed by atoms with Gasteiger partial charge in [-0.25, -0.2) is 0 Å². The van der Waals surface area contributed by atoms with Crippen LogP contribution in [0.3, 0.4) is 0 Å². The first-order chi connectivity index (χ1) is 7.90. The molecule has 7 nitrogen and oxygen atoms in total. The van der Waals surface area contributed by atoms with E-state index in [0.717, 1.165) is 0 Å². The number of alkyl halides is 1. The summed E-state index contributed by atoms with van der Waals surface area (Å²) in [6.07, 6.45) is 2.43. The molecule has 1 aromatic rings. The largest absolute Gasteiger partial charge is 0.411 e. The van der Waals surface area contributed by atoms with E-state index < -0.39 is 17.0 Å². The van der Waals surface area contributed by atoms with Crippen LogP contribution in [0.25, 0.3) is 0 Å². The summed E-state index contributed by atoms with van der Waals surface area (Å²) in [4.78, 5) is 13.3. The molecule has 94 valence electrons. The van der Waals surface area contributed by atoms with Crippen molar-refractivity contribution in [3.05, 3.63) is 22.6 Å². The zero-order chi connectivity index (χ0) is 13.1. The Bertz CT molecular complexity index is 441. The van der Waals surface area contributed by atoms with Crippen LogP contribution in [0, 0.1) is 15.5 Å². The van der Waals surface area contributed by atoms with E-state index in [1.807, 2.05) is 0 Å². The lowest BCUT2D eigenvalue weighted by Crippen LogP contribution is -2.30. The van der Waals surface area contributed by atoms with Crippen LogP contribution in [-0.4, -0.2) is 32.1 Å². The summed E-state index contributed by atoms with van der Waals surface area (Å²) in [5.74, 6) is -0.305. The van der Waals surface area contributed by atoms with E-state index >= 15 is 0 Å². The number of nitrogens with zero attached hydrogens (tertiary/aromatic N) is 4. The van der Waals surface area contributed by atoms with Gasteiger partial charge in [0, 0.05) is 5.41 Å². The second-order valence-corrected chi connectivity index (χ2v) is 4.23. The molecule has 0 saturated heterocycles. The average Bonchev–Trinajstić information content (AvgIpc) is 2.74. The van der Waals surface area contributed by atoms with Crippen LogP contribution in [-0.2, 0) is 6.54 Å². The molecule has 0 fully saturated rings. The third-order valence-electron chi connectivity index (χ3n) is 2.38. The Morgan fingerprint density at radius 3 is 2.82 bits per heavy atom. The smallest absolute Gasteiger partial charge is 0.381 e. The van der Waals surface area contributed by atoms with Gasteiger partial charge in [0.2, 0.25) is 6.33 Å². The fourth-order valence-corrected chi connectivity index (χ4v) is 1.16. The van der Waals surface area contributed by atoms with Crippen molar-refractivity contribution in [3.63, 3.8) is 0 Å². The van der Waals surface area contributed by atoms with Crippen LogP contribution < -0.4 is 0 Å². The van der Waals surface area contributed by atoms with Crippen LogP contribution >= 0.6 is 0 Å². The number of hydrogen-bond donors (Lipinski definition) is 1. The van der Waals surface area contributed by atoms with Crippen molar-refractivity contribution in [2.24, 2.45) is 10.6 Å². The predicted molar refractivity (Wildman–Crippen MR) is 57.9 cm³/mol. The first kappa shape index (κ1) is 13.1. The SMILES string of the molecule is CC(C)(CF)C(Cn1cnc([N+](=O)[O-])c1)=NO. The lowest BCUT2D eigenvalue weighted by atomic mass is 9.89. The van der Waals surface area contributed by atoms with Gasteiger partial charge >= 0.3 is 5.82 Å². The highest BCUT2D eigenvalue weighted by Gasteiger charge is 2.26. The topological polar surface area (TPSA) is 93.5 Å². The lowest BCUT2D eigenvalue weighted by molar-refractivity contribution is -0.389. The molecule has 1 aromatic heterocycles. The van der Waals surface area contributed by atoms with Gasteiger partial charge in [0.25, 0.3) is 0 Å². The number of nitro groups is 1. The molecule has 1 heterocycles. The Morgan fingerprint density at radius 1 is 1.76 bits per heavy atom. The van der Waals surface area contributed by atoms with E-state index in [0.29, 0.717) is 0 Å². The molecule has 17 heavy (non-hydrogen) atoms. The molecule has 1 rings (SSSR count). The summed E-state index contributed by atoms with van der Waals surface area (Å²) in [7, 11) is 0. The number of hydrogen-bond acceptors (Lipinski definition) is 5. The van der Waals surface area contributed by atoms with Crippen LogP contribution in [0.1, 0.15) is 13.8 Å². The number of oxime groups is 1. The number of imidazole rings is 1. The van der Waals surface area contributed by atoms with Gasteiger partial charge in [0.15, 0.2) is 0 Å². The van der Waals surface area contributed by atoms with Crippen molar-refractivity contribution < 1.29 is 14.5 Å². The summed E-state index contributed by atoms with van der Waals surface area (Å²) in [5, 5.41) is 22.3. The molecule has 0 atom stereocenters. The van der Waals surface area contributed by atoms with E-state index in [1.54, 1.807) is 13.8 Å². The number of aromatic nitrogens is 2. The normalized spacial score (nSPS) is 12.8. The minimum atomic E-state index is -0.923. The maximum atomic E-state index is 12.7. The monoisotopic (exact) mass is 244 g/mol. The number of rotatable bonds is 5. The quantitative estimate of drug-likeness (QED) is 0.368. The fourth-order valence-electron chi connectivity index (χ4n) is 1.16. The molecule has 8 heteroatoms. The molecule has 0 spiro atoms. The molecule has 0 saturated carbocycles. The Balaban J connectivity index is 2.86. The van der Waals surface area contributed by atoms with Crippen molar-refractivity contribution in [3.8, 4) is 0 Å². The minimum Gasteiger partial charge on any atom is -0.411 e. The van der Waals surface area contributed by atoms with Crippen molar-refractivity contribution in [1.29, 1.82) is 0 Å². The maximum Gasteiger partial charge on any atom is 0.381 e. The Hall–Kier alpha value is -1.99. The van der Waals surface area contributed by atoms with E-state index in [2.05, 4.69) is 10.1 Å². The van der Waals surface area contributed by atoms with Crippen molar-refractivity contribution in [2.75, 3.05) is 6.67 Å². The Morgan fingerprint density at radius 2 is 2.41 bits per heavy atom. The molecule has 0 bridgehead atoms. The molecule has 1 N–H and O–H groups in total. The molecular weight excluding hydrogens is 231 g/mol. The standard InChI is InChI=1S/C9H13FN4O3/c1-9(2,5-10)7(12-15)3-13-4-8(11-6-13)14(16)17/h4,6,15H,3,5H2,1-2H3. The summed E-state index contributed by atoms with van der Waals surface area (Å²) >= 11 is 0. The van der Waals surface area contributed by atoms with E-state index in [9.17, 15) is 14.5 Å². The van der Waals surface area contributed by atoms with Crippen molar-refractivity contribution >= 4 is 11.5 Å². The highest BCUT2D eigenvalue weighted by Crippen LogP contribution is 2.20. The van der Waals surface area contributed by atoms with Crippen LogP contribution in [0.15, 0.2) is 17.7 Å². The van der Waals surface area contributed by atoms with Crippen LogP contribution in [0.5, 0.6) is 0 Å². The van der Waals surface area contributed by atoms with Crippen LogP contribution in [0.2, 0.25) is 0 Å². The molecule has 0 radical (unpaired) electrons. The fraction of sp³-hybridized carbons (Fsp3) is 0.556. The van der Waals surface area contributed by atoms with E-state index in [1.165, 1.54) is 17.1 Å². The summed E-state index contributed by atoms with van der Waals surface area (Å²) in [6.45, 7) is 2.51. The van der Waals surface area contributed by atoms with Gasteiger partial charge in [-0.05, 0) is 9.91 Å². The number of halogens is 1. The second kappa shape index (κ2) is 4.89. The Labute approximate surface area is 96.7 Å². The summed E-state index contributed by atoms with van der Waals surface area (Å²) in [5.41, 5.74) is -0.736. The van der Waals surface area contributed by atoms with Crippen molar-refractivity contribution in [1.82, 2.24) is 9.55 Å². The zero-order valence-corrected chi connectivity index (χ0v) is 9.50. The Kier molecular flexibility index (Phi) is 3.77. The minimum absolute atomic E-state index is 0.0499. The van der Waals surface area contributed by atoms with Gasteiger partial charge in [0.1, 0.15) is 6.20 Å². The van der Waals surface area contributed by atoms with Gasteiger partial charge in [-0.2, -0.15) is 0 Å². The first-order valence-electron chi connectivity index (χ1n) is 4.84. The van der Waals surface area contributed by atoms with Gasteiger partial charge in [0.05, 0.1) is 18.9 Å². The highest BCUT2D eigenvalue weighted by molar-refractivity contribution is 5.89.